The zero-order valence-electron chi connectivity index (χ0n) is 17.1. The minimum absolute atomic E-state index is 0.134. The van der Waals surface area contributed by atoms with Gasteiger partial charge in [-0.3, -0.25) is 24.2 Å². The monoisotopic (exact) mass is 462 g/mol. The first-order valence-electron chi connectivity index (χ1n) is 9.55. The first-order valence-corrected chi connectivity index (χ1v) is 11.0. The second-order valence-electron chi connectivity index (χ2n) is 6.58. The molecule has 0 aliphatic heterocycles. The Bertz CT molecular complexity index is 1120. The van der Waals surface area contributed by atoms with Crippen LogP contribution in [0.4, 0.5) is 0 Å². The molecule has 0 spiro atoms. The quantitative estimate of drug-likeness (QED) is 0.371. The molecule has 1 heterocycles. The molecule has 1 aromatic carbocycles. The van der Waals surface area contributed by atoms with Crippen molar-refractivity contribution in [2.75, 3.05) is 13.1 Å². The Morgan fingerprint density at radius 2 is 1.72 bits per heavy atom. The van der Waals surface area contributed by atoms with E-state index in [0.29, 0.717) is 6.54 Å². The number of hydrogen-bond acceptors (Lipinski definition) is 7. The molecule has 0 saturated heterocycles. The van der Waals surface area contributed by atoms with Gasteiger partial charge in [-0.05, 0) is 36.8 Å². The van der Waals surface area contributed by atoms with Crippen LogP contribution >= 0.6 is 0 Å². The highest BCUT2D eigenvalue weighted by Crippen LogP contribution is 2.13. The van der Waals surface area contributed by atoms with Crippen molar-refractivity contribution in [2.24, 2.45) is 0 Å². The molecule has 0 unspecified atom stereocenters. The summed E-state index contributed by atoms with van der Waals surface area (Å²) in [5.41, 5.74) is -0.154. The van der Waals surface area contributed by atoms with E-state index < -0.39 is 40.3 Å². The van der Waals surface area contributed by atoms with Crippen LogP contribution in [0.15, 0.2) is 47.5 Å². The molecule has 3 amide bonds. The number of benzene rings is 1. The zero-order chi connectivity index (χ0) is 23.7. The van der Waals surface area contributed by atoms with Crippen LogP contribution in [-0.2, 0) is 14.8 Å². The van der Waals surface area contributed by atoms with E-state index in [1.54, 1.807) is 0 Å². The molecule has 1 aromatic heterocycles. The van der Waals surface area contributed by atoms with Gasteiger partial charge in [0.05, 0.1) is 10.5 Å². The highest BCUT2D eigenvalue weighted by Gasteiger charge is 2.21. The standard InChI is InChI=1S/C20H22N4O7S/c1-2-3-9-21-18(27)13-5-4-6-15(10-13)32(30,31)24-19(28)14-7-8-16(22-11-14)20(29)23-12-17(25)26/h4-8,10-11H,2-3,9,12H2,1H3,(H,21,27)(H,23,29)(H,24,28)(H,25,26). The normalized spacial score (nSPS) is 10.8. The molecule has 12 heteroatoms. The van der Waals surface area contributed by atoms with Gasteiger partial charge >= 0.3 is 5.97 Å². The molecule has 0 bridgehead atoms. The number of unbranched alkanes of at least 4 members (excludes halogenated alkanes) is 1. The smallest absolute Gasteiger partial charge is 0.322 e. The molecule has 4 N–H and O–H groups in total. The van der Waals surface area contributed by atoms with E-state index in [1.165, 1.54) is 24.3 Å². The van der Waals surface area contributed by atoms with Gasteiger partial charge in [-0.2, -0.15) is 0 Å². The van der Waals surface area contributed by atoms with E-state index in [-0.39, 0.29) is 21.7 Å². The third-order valence-electron chi connectivity index (χ3n) is 4.11. The van der Waals surface area contributed by atoms with E-state index in [2.05, 4.69) is 15.6 Å². The summed E-state index contributed by atoms with van der Waals surface area (Å²) < 4.78 is 27.0. The average Bonchev–Trinajstić information content (AvgIpc) is 2.77. The fraction of sp³-hybridized carbons (Fsp3) is 0.250. The molecule has 11 nitrogen and oxygen atoms in total. The highest BCUT2D eigenvalue weighted by atomic mass is 32.2. The SMILES string of the molecule is CCCCNC(=O)c1cccc(S(=O)(=O)NC(=O)c2ccc(C(=O)NCC(=O)O)nc2)c1. The predicted molar refractivity (Wildman–Crippen MR) is 113 cm³/mol. The Morgan fingerprint density at radius 3 is 2.34 bits per heavy atom. The molecule has 0 saturated carbocycles. The number of rotatable bonds is 10. The van der Waals surface area contributed by atoms with Crippen molar-refractivity contribution in [1.82, 2.24) is 20.3 Å². The molecular weight excluding hydrogens is 440 g/mol. The van der Waals surface area contributed by atoms with Gasteiger partial charge in [0.25, 0.3) is 27.7 Å². The number of carbonyl (C=O) groups excluding carboxylic acids is 3. The molecule has 32 heavy (non-hydrogen) atoms. The number of pyridine rings is 1. The Balaban J connectivity index is 2.09. The number of carbonyl (C=O) groups is 4. The molecule has 2 rings (SSSR count). The van der Waals surface area contributed by atoms with Gasteiger partial charge in [-0.15, -0.1) is 0 Å². The number of sulfonamides is 1. The fourth-order valence-corrected chi connectivity index (χ4v) is 3.45. The van der Waals surface area contributed by atoms with E-state index >= 15 is 0 Å². The maximum absolute atomic E-state index is 12.6. The Kier molecular flexibility index (Phi) is 8.41. The van der Waals surface area contributed by atoms with Gasteiger partial charge in [0.2, 0.25) is 0 Å². The summed E-state index contributed by atoms with van der Waals surface area (Å²) in [6.45, 7) is 1.83. The van der Waals surface area contributed by atoms with Crippen LogP contribution in [0.1, 0.15) is 51.0 Å². The third kappa shape index (κ3) is 6.87. The number of hydrogen-bond donors (Lipinski definition) is 4. The number of amides is 3. The van der Waals surface area contributed by atoms with Crippen LogP contribution in [0.5, 0.6) is 0 Å². The van der Waals surface area contributed by atoms with Crippen LogP contribution < -0.4 is 15.4 Å². The molecule has 170 valence electrons. The van der Waals surface area contributed by atoms with E-state index in [9.17, 15) is 27.6 Å². The van der Waals surface area contributed by atoms with Gasteiger partial charge in [-0.1, -0.05) is 19.4 Å². The fourth-order valence-electron chi connectivity index (χ4n) is 2.43. The van der Waals surface area contributed by atoms with Crippen molar-refractivity contribution in [1.29, 1.82) is 0 Å². The third-order valence-corrected chi connectivity index (χ3v) is 5.44. The Hall–Kier alpha value is -3.80. The van der Waals surface area contributed by atoms with Crippen LogP contribution in [0.2, 0.25) is 0 Å². The van der Waals surface area contributed by atoms with Crippen molar-refractivity contribution in [3.63, 3.8) is 0 Å². The summed E-state index contributed by atoms with van der Waals surface area (Å²) >= 11 is 0. The molecular formula is C20H22N4O7S. The van der Waals surface area contributed by atoms with Crippen molar-refractivity contribution in [3.05, 3.63) is 59.4 Å². The van der Waals surface area contributed by atoms with Crippen molar-refractivity contribution >= 4 is 33.7 Å². The molecule has 0 fully saturated rings. The van der Waals surface area contributed by atoms with Crippen LogP contribution in [0.3, 0.4) is 0 Å². The van der Waals surface area contributed by atoms with Crippen LogP contribution in [0.25, 0.3) is 0 Å². The predicted octanol–water partition coefficient (Wildman–Crippen LogP) is 0.545. The number of aliphatic carboxylic acids is 1. The number of nitrogens with one attached hydrogen (secondary N) is 3. The zero-order valence-corrected chi connectivity index (χ0v) is 17.9. The summed E-state index contributed by atoms with van der Waals surface area (Å²) in [5, 5.41) is 13.3. The molecule has 2 aromatic rings. The number of carboxylic acid groups (broad SMARTS) is 1. The summed E-state index contributed by atoms with van der Waals surface area (Å²) in [4.78, 5) is 50.2. The van der Waals surface area contributed by atoms with Crippen molar-refractivity contribution < 1.29 is 32.7 Å². The van der Waals surface area contributed by atoms with Gasteiger partial charge < -0.3 is 15.7 Å². The highest BCUT2D eigenvalue weighted by molar-refractivity contribution is 7.90. The van der Waals surface area contributed by atoms with Gasteiger partial charge in [-0.25, -0.2) is 13.1 Å². The summed E-state index contributed by atoms with van der Waals surface area (Å²) in [7, 11) is -4.29. The average molecular weight is 462 g/mol. The minimum atomic E-state index is -4.29. The maximum atomic E-state index is 12.6. The van der Waals surface area contributed by atoms with Gasteiger partial charge in [0, 0.05) is 18.3 Å². The molecule has 0 radical (unpaired) electrons. The lowest BCUT2D eigenvalue weighted by Crippen LogP contribution is -2.32. The van der Waals surface area contributed by atoms with E-state index in [4.69, 9.17) is 5.11 Å². The Morgan fingerprint density at radius 1 is 0.969 bits per heavy atom. The number of carboxylic acids is 1. The number of nitrogens with zero attached hydrogens (tertiary/aromatic N) is 1. The lowest BCUT2D eigenvalue weighted by atomic mass is 10.2. The lowest BCUT2D eigenvalue weighted by Gasteiger charge is -2.09. The van der Waals surface area contributed by atoms with Gasteiger partial charge in [0.15, 0.2) is 0 Å². The van der Waals surface area contributed by atoms with Crippen molar-refractivity contribution in [3.8, 4) is 0 Å². The number of aromatic nitrogens is 1. The molecule has 0 aliphatic rings. The second-order valence-corrected chi connectivity index (χ2v) is 8.26. The van der Waals surface area contributed by atoms with Gasteiger partial charge in [0.1, 0.15) is 12.2 Å². The van der Waals surface area contributed by atoms with Crippen LogP contribution in [-0.4, -0.2) is 55.3 Å². The Labute approximate surface area is 184 Å². The molecule has 0 atom stereocenters. The second kappa shape index (κ2) is 11.0. The van der Waals surface area contributed by atoms with Crippen molar-refractivity contribution in [2.45, 2.75) is 24.7 Å². The largest absolute Gasteiger partial charge is 0.480 e. The lowest BCUT2D eigenvalue weighted by molar-refractivity contribution is -0.135. The first kappa shape index (κ1) is 24.5. The summed E-state index contributed by atoms with van der Waals surface area (Å²) in [5.74, 6) is -3.42. The summed E-state index contributed by atoms with van der Waals surface area (Å²) in [6.07, 6.45) is 2.66. The minimum Gasteiger partial charge on any atom is -0.480 e. The van der Waals surface area contributed by atoms with E-state index in [0.717, 1.165) is 31.2 Å². The van der Waals surface area contributed by atoms with Crippen LogP contribution in [0, 0.1) is 0 Å². The topological polar surface area (TPSA) is 172 Å². The summed E-state index contributed by atoms with van der Waals surface area (Å²) in [6, 6.07) is 7.57. The molecule has 0 aliphatic carbocycles. The first-order chi connectivity index (χ1) is 15.1. The maximum Gasteiger partial charge on any atom is 0.322 e. The van der Waals surface area contributed by atoms with E-state index in [1.807, 2.05) is 11.6 Å².